The fourth-order valence-corrected chi connectivity index (χ4v) is 4.90. The molecule has 6 nitrogen and oxygen atoms in total. The van der Waals surface area contributed by atoms with Gasteiger partial charge < -0.3 is 19.5 Å². The van der Waals surface area contributed by atoms with Crippen molar-refractivity contribution in [3.63, 3.8) is 0 Å². The standard InChI is InChI=1S/C24H30N2O4/c1-26(23(27)29-3)19-10-11-21(28-2)20(14-19)18-15-24(30-16-18)12-7-13-25-22(24)17-8-5-4-6-9-17/h4-6,8-11,14,18,22,25H,7,12-13,15-16H2,1-3H3. The van der Waals surface area contributed by atoms with Crippen molar-refractivity contribution in [2.24, 2.45) is 0 Å². The maximum atomic E-state index is 12.0. The molecule has 1 spiro atoms. The van der Waals surface area contributed by atoms with E-state index in [1.54, 1.807) is 14.2 Å². The summed E-state index contributed by atoms with van der Waals surface area (Å²) >= 11 is 0. The average molecular weight is 411 g/mol. The molecule has 2 aliphatic rings. The highest BCUT2D eigenvalue weighted by Crippen LogP contribution is 2.49. The van der Waals surface area contributed by atoms with Crippen LogP contribution in [-0.2, 0) is 9.47 Å². The Morgan fingerprint density at radius 2 is 2.00 bits per heavy atom. The van der Waals surface area contributed by atoms with Crippen molar-refractivity contribution in [2.75, 3.05) is 39.3 Å². The molecule has 2 aromatic carbocycles. The third-order valence-electron chi connectivity index (χ3n) is 6.44. The van der Waals surface area contributed by atoms with Gasteiger partial charge in [0.25, 0.3) is 0 Å². The lowest BCUT2D eigenvalue weighted by atomic mass is 9.77. The molecule has 0 aliphatic carbocycles. The van der Waals surface area contributed by atoms with Crippen LogP contribution in [0.25, 0.3) is 0 Å². The van der Waals surface area contributed by atoms with Crippen LogP contribution in [0.3, 0.4) is 0 Å². The zero-order valence-corrected chi connectivity index (χ0v) is 17.9. The Labute approximate surface area is 178 Å². The quantitative estimate of drug-likeness (QED) is 0.816. The first-order valence-electron chi connectivity index (χ1n) is 10.5. The lowest BCUT2D eigenvalue weighted by Crippen LogP contribution is -2.48. The van der Waals surface area contributed by atoms with E-state index in [2.05, 4.69) is 29.6 Å². The highest BCUT2D eigenvalue weighted by atomic mass is 16.5. The van der Waals surface area contributed by atoms with E-state index in [4.69, 9.17) is 14.2 Å². The number of methoxy groups -OCH3 is 2. The summed E-state index contributed by atoms with van der Waals surface area (Å²) in [5.74, 6) is 1.01. The maximum Gasteiger partial charge on any atom is 0.413 e. The number of carbonyl (C=O) groups excluding carboxylic acids is 1. The first-order chi connectivity index (χ1) is 14.6. The van der Waals surface area contributed by atoms with Crippen LogP contribution >= 0.6 is 0 Å². The fraction of sp³-hybridized carbons (Fsp3) is 0.458. The van der Waals surface area contributed by atoms with Gasteiger partial charge in [0.2, 0.25) is 0 Å². The maximum absolute atomic E-state index is 12.0. The molecule has 0 saturated carbocycles. The van der Waals surface area contributed by atoms with Gasteiger partial charge in [-0.2, -0.15) is 0 Å². The highest BCUT2D eigenvalue weighted by molar-refractivity contribution is 5.87. The van der Waals surface area contributed by atoms with E-state index in [0.29, 0.717) is 6.61 Å². The second-order valence-corrected chi connectivity index (χ2v) is 8.13. The number of nitrogens with zero attached hydrogens (tertiary/aromatic N) is 1. The first kappa shape index (κ1) is 20.7. The molecular weight excluding hydrogens is 380 g/mol. The van der Waals surface area contributed by atoms with Gasteiger partial charge in [-0.1, -0.05) is 30.3 Å². The monoisotopic (exact) mass is 410 g/mol. The van der Waals surface area contributed by atoms with Crippen LogP contribution in [0.4, 0.5) is 10.5 Å². The molecule has 3 unspecified atom stereocenters. The van der Waals surface area contributed by atoms with Crippen molar-refractivity contribution in [3.05, 3.63) is 59.7 Å². The molecule has 1 N–H and O–H groups in total. The number of benzene rings is 2. The highest BCUT2D eigenvalue weighted by Gasteiger charge is 2.49. The van der Waals surface area contributed by atoms with E-state index in [9.17, 15) is 4.79 Å². The predicted octanol–water partition coefficient (Wildman–Crippen LogP) is 4.27. The number of ether oxygens (including phenoxy) is 3. The summed E-state index contributed by atoms with van der Waals surface area (Å²) in [6.07, 6.45) is 2.63. The summed E-state index contributed by atoms with van der Waals surface area (Å²) in [6, 6.07) is 16.6. The molecule has 2 heterocycles. The van der Waals surface area contributed by atoms with Gasteiger partial charge in [-0.05, 0) is 49.6 Å². The topological polar surface area (TPSA) is 60.0 Å². The molecule has 2 saturated heterocycles. The summed E-state index contributed by atoms with van der Waals surface area (Å²) in [7, 11) is 4.78. The number of hydrogen-bond donors (Lipinski definition) is 1. The summed E-state index contributed by atoms with van der Waals surface area (Å²) in [4.78, 5) is 13.5. The number of rotatable bonds is 4. The smallest absolute Gasteiger partial charge is 0.413 e. The van der Waals surface area contributed by atoms with Crippen LogP contribution in [-0.4, -0.2) is 46.1 Å². The number of nitrogens with one attached hydrogen (secondary N) is 1. The minimum atomic E-state index is -0.397. The van der Waals surface area contributed by atoms with Gasteiger partial charge in [0.15, 0.2) is 0 Å². The molecule has 0 aromatic heterocycles. The minimum absolute atomic E-state index is 0.171. The number of amides is 1. The van der Waals surface area contributed by atoms with E-state index in [0.717, 1.165) is 42.8 Å². The minimum Gasteiger partial charge on any atom is -0.496 e. The van der Waals surface area contributed by atoms with Crippen molar-refractivity contribution >= 4 is 11.8 Å². The zero-order valence-electron chi connectivity index (χ0n) is 17.9. The van der Waals surface area contributed by atoms with Crippen molar-refractivity contribution in [1.29, 1.82) is 0 Å². The lowest BCUT2D eigenvalue weighted by Gasteiger charge is -2.41. The summed E-state index contributed by atoms with van der Waals surface area (Å²) in [5, 5.41) is 3.70. The average Bonchev–Trinajstić information content (AvgIpc) is 3.22. The van der Waals surface area contributed by atoms with Gasteiger partial charge in [0.05, 0.1) is 32.5 Å². The normalized spacial score (nSPS) is 25.8. The van der Waals surface area contributed by atoms with Gasteiger partial charge in [-0.25, -0.2) is 4.79 Å². The van der Waals surface area contributed by atoms with Gasteiger partial charge in [0, 0.05) is 24.2 Å². The largest absolute Gasteiger partial charge is 0.496 e. The van der Waals surface area contributed by atoms with Gasteiger partial charge in [-0.3, -0.25) is 4.90 Å². The SMILES string of the molecule is COC(=O)N(C)c1ccc(OC)c(C2COC3(CCCNC3c3ccccc3)C2)c1. The van der Waals surface area contributed by atoms with Crippen LogP contribution in [0.5, 0.6) is 5.75 Å². The molecule has 160 valence electrons. The molecule has 2 aliphatic heterocycles. The van der Waals surface area contributed by atoms with Crippen LogP contribution in [0.1, 0.15) is 42.3 Å². The predicted molar refractivity (Wildman–Crippen MR) is 116 cm³/mol. The molecule has 1 amide bonds. The Kier molecular flexibility index (Phi) is 5.97. The molecule has 2 fully saturated rings. The Morgan fingerprint density at radius 1 is 1.20 bits per heavy atom. The molecule has 2 aromatic rings. The fourth-order valence-electron chi connectivity index (χ4n) is 4.90. The Hall–Kier alpha value is -2.57. The van der Waals surface area contributed by atoms with E-state index in [-0.39, 0.29) is 17.6 Å². The van der Waals surface area contributed by atoms with Crippen LogP contribution in [0.2, 0.25) is 0 Å². The number of hydrogen-bond acceptors (Lipinski definition) is 5. The number of carbonyl (C=O) groups is 1. The van der Waals surface area contributed by atoms with Crippen LogP contribution in [0.15, 0.2) is 48.5 Å². The second kappa shape index (κ2) is 8.66. The summed E-state index contributed by atoms with van der Waals surface area (Å²) in [5.41, 5.74) is 2.88. The Morgan fingerprint density at radius 3 is 2.73 bits per heavy atom. The van der Waals surface area contributed by atoms with Crippen LogP contribution in [0, 0.1) is 0 Å². The van der Waals surface area contributed by atoms with Gasteiger partial charge >= 0.3 is 6.09 Å². The molecule has 6 heteroatoms. The van der Waals surface area contributed by atoms with E-state index < -0.39 is 6.09 Å². The molecule has 0 bridgehead atoms. The molecule has 30 heavy (non-hydrogen) atoms. The van der Waals surface area contributed by atoms with Crippen molar-refractivity contribution < 1.29 is 19.0 Å². The third kappa shape index (κ3) is 3.77. The molecule has 4 rings (SSSR count). The molecular formula is C24H30N2O4. The molecule has 3 atom stereocenters. The van der Waals surface area contributed by atoms with Crippen LogP contribution < -0.4 is 15.0 Å². The second-order valence-electron chi connectivity index (χ2n) is 8.13. The zero-order chi connectivity index (χ0) is 21.1. The van der Waals surface area contributed by atoms with Gasteiger partial charge in [-0.15, -0.1) is 0 Å². The number of anilines is 1. The third-order valence-corrected chi connectivity index (χ3v) is 6.44. The first-order valence-corrected chi connectivity index (χ1v) is 10.5. The van der Waals surface area contributed by atoms with E-state index in [1.807, 2.05) is 24.3 Å². The van der Waals surface area contributed by atoms with E-state index >= 15 is 0 Å². The summed E-state index contributed by atoms with van der Waals surface area (Å²) in [6.45, 7) is 1.63. The lowest BCUT2D eigenvalue weighted by molar-refractivity contribution is -0.0484. The molecule has 0 radical (unpaired) electrons. The van der Waals surface area contributed by atoms with Crippen molar-refractivity contribution in [1.82, 2.24) is 5.32 Å². The van der Waals surface area contributed by atoms with Crippen molar-refractivity contribution in [3.8, 4) is 5.75 Å². The number of piperidine rings is 1. The summed E-state index contributed by atoms with van der Waals surface area (Å²) < 4.78 is 17.1. The van der Waals surface area contributed by atoms with Gasteiger partial charge in [0.1, 0.15) is 5.75 Å². The Bertz CT molecular complexity index is 888. The van der Waals surface area contributed by atoms with E-state index in [1.165, 1.54) is 17.6 Å². The Balaban J connectivity index is 1.64. The van der Waals surface area contributed by atoms with Crippen molar-refractivity contribution in [2.45, 2.75) is 36.8 Å².